The number of rotatable bonds is 8. The Morgan fingerprint density at radius 1 is 1.05 bits per heavy atom. The molecule has 0 unspecified atom stereocenters. The van der Waals surface area contributed by atoms with Crippen LogP contribution in [0.1, 0.15) is 59.3 Å². The van der Waals surface area contributed by atoms with Gasteiger partial charge >= 0.3 is 12.1 Å². The zero-order chi connectivity index (χ0) is 30.7. The first-order chi connectivity index (χ1) is 20.6. The first kappa shape index (κ1) is 30.1. The van der Waals surface area contributed by atoms with Crippen LogP contribution < -0.4 is 4.74 Å². The lowest BCUT2D eigenvalue weighted by Gasteiger charge is -2.32. The van der Waals surface area contributed by atoms with Crippen LogP contribution in [0.2, 0.25) is 5.02 Å². The number of carboxylic acids is 1. The summed E-state index contributed by atoms with van der Waals surface area (Å²) < 4.78 is 47.9. The van der Waals surface area contributed by atoms with Crippen molar-refractivity contribution in [2.75, 3.05) is 13.1 Å². The quantitative estimate of drug-likeness (QED) is 0.230. The van der Waals surface area contributed by atoms with Gasteiger partial charge in [-0.1, -0.05) is 54.9 Å². The van der Waals surface area contributed by atoms with Crippen LogP contribution >= 0.6 is 11.6 Å². The number of nitrogens with zero attached hydrogens (tertiary/aromatic N) is 4. The van der Waals surface area contributed by atoms with E-state index in [1.54, 1.807) is 24.3 Å². The van der Waals surface area contributed by atoms with Crippen LogP contribution in [0.3, 0.4) is 0 Å². The van der Waals surface area contributed by atoms with E-state index in [1.807, 2.05) is 24.0 Å². The van der Waals surface area contributed by atoms with Crippen LogP contribution in [-0.4, -0.2) is 49.7 Å². The molecule has 1 N–H and O–H groups in total. The predicted molar refractivity (Wildman–Crippen MR) is 153 cm³/mol. The van der Waals surface area contributed by atoms with Gasteiger partial charge in [0.1, 0.15) is 17.9 Å². The monoisotopic (exact) mass is 612 g/mol. The summed E-state index contributed by atoms with van der Waals surface area (Å²) >= 11 is 6.48. The van der Waals surface area contributed by atoms with E-state index in [2.05, 4.69) is 22.2 Å². The average molecular weight is 613 g/mol. The molecule has 1 aliphatic rings. The van der Waals surface area contributed by atoms with Gasteiger partial charge in [-0.2, -0.15) is 18.3 Å². The molecule has 2 aromatic heterocycles. The van der Waals surface area contributed by atoms with Crippen LogP contribution in [0.25, 0.3) is 17.1 Å². The summed E-state index contributed by atoms with van der Waals surface area (Å²) in [5, 5.41) is 13.2. The van der Waals surface area contributed by atoms with E-state index in [1.165, 1.54) is 17.7 Å². The number of amides is 1. The number of carbonyl (C=O) groups is 2. The Labute approximate surface area is 250 Å². The smallest absolute Gasteiger partial charge is 0.434 e. The zero-order valence-corrected chi connectivity index (χ0v) is 23.9. The molecule has 43 heavy (non-hydrogen) atoms. The average Bonchev–Trinajstić information content (AvgIpc) is 3.47. The van der Waals surface area contributed by atoms with Crippen molar-refractivity contribution in [1.82, 2.24) is 19.7 Å². The van der Waals surface area contributed by atoms with Gasteiger partial charge in [0, 0.05) is 25.1 Å². The third-order valence-corrected chi connectivity index (χ3v) is 7.74. The molecule has 4 aromatic rings. The standard InChI is InChI=1S/C31H28ClF3N4O4/c1-2-27(40)38-15-13-21(14-16-38)20-11-9-19(10-12-20)18-43-28-22(5-3-6-24(28)32)25-7-4-8-26(37-25)39-29(31(33,34)35)23(17-36-39)30(41)42/h3-12,17,21H,2,13-16,18H2,1H3,(H,41,42). The molecule has 0 atom stereocenters. The first-order valence-corrected chi connectivity index (χ1v) is 14.1. The predicted octanol–water partition coefficient (Wildman–Crippen LogP) is 7.00. The fraction of sp³-hybridized carbons (Fsp3) is 0.290. The minimum absolute atomic E-state index is 0.180. The lowest BCUT2D eigenvalue weighted by atomic mass is 9.89. The van der Waals surface area contributed by atoms with Crippen molar-refractivity contribution < 1.29 is 32.6 Å². The van der Waals surface area contributed by atoms with Crippen molar-refractivity contribution in [3.63, 3.8) is 0 Å². The first-order valence-electron chi connectivity index (χ1n) is 13.7. The number of halogens is 4. The third kappa shape index (κ3) is 6.51. The summed E-state index contributed by atoms with van der Waals surface area (Å²) in [5.41, 5.74) is 0.389. The van der Waals surface area contributed by atoms with Crippen molar-refractivity contribution in [3.05, 3.63) is 94.3 Å². The Hall–Kier alpha value is -4.38. The van der Waals surface area contributed by atoms with Crippen molar-refractivity contribution in [2.24, 2.45) is 0 Å². The maximum absolute atomic E-state index is 13.8. The fourth-order valence-corrected chi connectivity index (χ4v) is 5.46. The van der Waals surface area contributed by atoms with E-state index in [0.717, 1.165) is 31.5 Å². The van der Waals surface area contributed by atoms with E-state index < -0.39 is 23.4 Å². The number of pyridine rings is 1. The van der Waals surface area contributed by atoms with Gasteiger partial charge < -0.3 is 14.7 Å². The molecular formula is C31H28ClF3N4O4. The number of aromatic carboxylic acids is 1. The second-order valence-corrected chi connectivity index (χ2v) is 10.6. The highest BCUT2D eigenvalue weighted by molar-refractivity contribution is 6.32. The molecule has 1 aliphatic heterocycles. The van der Waals surface area contributed by atoms with Crippen molar-refractivity contribution in [1.29, 1.82) is 0 Å². The largest absolute Gasteiger partial charge is 0.487 e. The van der Waals surface area contributed by atoms with E-state index in [0.29, 0.717) is 34.5 Å². The van der Waals surface area contributed by atoms with Gasteiger partial charge in [-0.15, -0.1) is 0 Å². The molecule has 5 rings (SSSR count). The molecule has 2 aromatic carbocycles. The molecule has 0 saturated carbocycles. The van der Waals surface area contributed by atoms with Crippen LogP contribution in [0.15, 0.2) is 66.9 Å². The minimum Gasteiger partial charge on any atom is -0.487 e. The molecule has 3 heterocycles. The molecule has 8 nitrogen and oxygen atoms in total. The molecule has 0 radical (unpaired) electrons. The van der Waals surface area contributed by atoms with E-state index in [4.69, 9.17) is 16.3 Å². The maximum atomic E-state index is 13.8. The van der Waals surface area contributed by atoms with E-state index in [9.17, 15) is 27.9 Å². The lowest BCUT2D eigenvalue weighted by Crippen LogP contribution is -2.37. The summed E-state index contributed by atoms with van der Waals surface area (Å²) in [5.74, 6) is -1.10. The molecular weight excluding hydrogens is 585 g/mol. The molecule has 224 valence electrons. The normalized spacial score (nSPS) is 14.1. The Balaban J connectivity index is 1.35. The molecule has 0 spiro atoms. The van der Waals surface area contributed by atoms with E-state index >= 15 is 0 Å². The number of likely N-dealkylation sites (tertiary alicyclic amines) is 1. The van der Waals surface area contributed by atoms with Crippen molar-refractivity contribution in [2.45, 2.75) is 44.9 Å². The van der Waals surface area contributed by atoms with Crippen LogP contribution in [-0.2, 0) is 17.6 Å². The summed E-state index contributed by atoms with van der Waals surface area (Å²) in [6.45, 7) is 3.57. The molecule has 1 saturated heterocycles. The van der Waals surface area contributed by atoms with Gasteiger partial charge in [0.25, 0.3) is 0 Å². The molecule has 0 bridgehead atoms. The van der Waals surface area contributed by atoms with Gasteiger partial charge in [-0.05, 0) is 54.2 Å². The second kappa shape index (κ2) is 12.5. The number of ether oxygens (including phenoxy) is 1. The summed E-state index contributed by atoms with van der Waals surface area (Å²) in [7, 11) is 0. The Morgan fingerprint density at radius 2 is 1.74 bits per heavy atom. The lowest BCUT2D eigenvalue weighted by molar-refractivity contribution is -0.143. The summed E-state index contributed by atoms with van der Waals surface area (Å²) in [6, 6.07) is 17.5. The second-order valence-electron chi connectivity index (χ2n) is 10.2. The number of alkyl halides is 3. The van der Waals surface area contributed by atoms with Crippen molar-refractivity contribution in [3.8, 4) is 22.8 Å². The Bertz CT molecular complexity index is 1630. The number of para-hydroxylation sites is 1. The SMILES string of the molecule is CCC(=O)N1CCC(c2ccc(COc3c(Cl)cccc3-c3cccc(-n4ncc(C(=O)O)c4C(F)(F)F)n3)cc2)CC1. The summed E-state index contributed by atoms with van der Waals surface area (Å²) in [4.78, 5) is 29.6. The molecule has 0 aliphatic carbocycles. The fourth-order valence-electron chi connectivity index (χ4n) is 5.23. The van der Waals surface area contributed by atoms with Crippen LogP contribution in [0.5, 0.6) is 5.75 Å². The third-order valence-electron chi connectivity index (χ3n) is 7.45. The van der Waals surface area contributed by atoms with Crippen molar-refractivity contribution >= 4 is 23.5 Å². The number of piperidine rings is 1. The van der Waals surface area contributed by atoms with Crippen LogP contribution in [0, 0.1) is 0 Å². The minimum atomic E-state index is -4.98. The maximum Gasteiger partial charge on any atom is 0.434 e. The summed E-state index contributed by atoms with van der Waals surface area (Å²) in [6.07, 6.45) is -1.98. The van der Waals surface area contributed by atoms with Gasteiger partial charge in [0.2, 0.25) is 5.91 Å². The number of benzene rings is 2. The van der Waals surface area contributed by atoms with Gasteiger partial charge in [-0.25, -0.2) is 14.5 Å². The molecule has 12 heteroatoms. The number of carboxylic acid groups (broad SMARTS) is 1. The Kier molecular flexibility index (Phi) is 8.72. The van der Waals surface area contributed by atoms with E-state index in [-0.39, 0.29) is 29.0 Å². The van der Waals surface area contributed by atoms with Gasteiger partial charge in [0.15, 0.2) is 11.5 Å². The topological polar surface area (TPSA) is 97.6 Å². The Morgan fingerprint density at radius 3 is 2.40 bits per heavy atom. The highest BCUT2D eigenvalue weighted by Gasteiger charge is 2.41. The molecule has 1 amide bonds. The zero-order valence-electron chi connectivity index (χ0n) is 23.1. The van der Waals surface area contributed by atoms with Gasteiger partial charge in [-0.3, -0.25) is 4.79 Å². The van der Waals surface area contributed by atoms with Crippen LogP contribution in [0.4, 0.5) is 13.2 Å². The number of hydrogen-bond acceptors (Lipinski definition) is 5. The highest BCUT2D eigenvalue weighted by Crippen LogP contribution is 2.38. The number of carbonyl (C=O) groups excluding carboxylic acids is 1. The highest BCUT2D eigenvalue weighted by atomic mass is 35.5. The number of hydrogen-bond donors (Lipinski definition) is 1. The molecule has 1 fully saturated rings. The van der Waals surface area contributed by atoms with Gasteiger partial charge in [0.05, 0.1) is 16.9 Å². The number of aromatic nitrogens is 3.